The Kier molecular flexibility index (Phi) is 4.62. The van der Waals surface area contributed by atoms with Gasteiger partial charge in [0.15, 0.2) is 0 Å². The smallest absolute Gasteiger partial charge is 0.117 e. The molecule has 0 aromatic rings. The van der Waals surface area contributed by atoms with Crippen LogP contribution in [0.15, 0.2) is 0 Å². The van der Waals surface area contributed by atoms with Crippen molar-refractivity contribution in [1.82, 2.24) is 4.90 Å². The summed E-state index contributed by atoms with van der Waals surface area (Å²) >= 11 is 0. The number of aliphatic hydroxyl groups is 4. The van der Waals surface area contributed by atoms with Crippen LogP contribution in [0.1, 0.15) is 32.6 Å². The summed E-state index contributed by atoms with van der Waals surface area (Å²) < 4.78 is 17.7. The first-order valence-corrected chi connectivity index (χ1v) is 12.3. The number of hydrogen-bond acceptors (Lipinski definition) is 8. The highest BCUT2D eigenvalue weighted by Gasteiger charge is 2.87. The van der Waals surface area contributed by atoms with E-state index < -0.39 is 40.8 Å². The maximum absolute atomic E-state index is 12.5. The molecule has 7 bridgehead atoms. The van der Waals surface area contributed by atoms with E-state index in [1.54, 1.807) is 21.3 Å². The Morgan fingerprint density at radius 1 is 1.00 bits per heavy atom. The molecule has 0 amide bonds. The van der Waals surface area contributed by atoms with Crippen molar-refractivity contribution in [2.24, 2.45) is 34.5 Å². The molecule has 6 fully saturated rings. The molecule has 4 N–H and O–H groups in total. The van der Waals surface area contributed by atoms with Gasteiger partial charge in [0, 0.05) is 63.5 Å². The second kappa shape index (κ2) is 6.66. The van der Waals surface area contributed by atoms with Gasteiger partial charge in [-0.2, -0.15) is 0 Å². The van der Waals surface area contributed by atoms with Crippen LogP contribution in [0.5, 0.6) is 0 Å². The van der Waals surface area contributed by atoms with Crippen molar-refractivity contribution in [3.05, 3.63) is 0 Å². The highest BCUT2D eigenvalue weighted by Crippen LogP contribution is 2.79. The Morgan fingerprint density at radius 2 is 1.75 bits per heavy atom. The lowest BCUT2D eigenvalue weighted by Gasteiger charge is -2.68. The van der Waals surface area contributed by atoms with Crippen molar-refractivity contribution in [3.8, 4) is 0 Å². The molecule has 6 rings (SSSR count). The zero-order chi connectivity index (χ0) is 22.8. The number of piperidine rings is 1. The van der Waals surface area contributed by atoms with Gasteiger partial charge >= 0.3 is 0 Å². The van der Waals surface area contributed by atoms with Crippen LogP contribution in [-0.4, -0.2) is 108 Å². The van der Waals surface area contributed by atoms with E-state index in [-0.39, 0.29) is 35.3 Å². The van der Waals surface area contributed by atoms with Crippen LogP contribution >= 0.6 is 0 Å². The molecular formula is C24H39NO7. The second-order valence-electron chi connectivity index (χ2n) is 11.7. The van der Waals surface area contributed by atoms with Gasteiger partial charge < -0.3 is 34.6 Å². The third-order valence-corrected chi connectivity index (χ3v) is 11.3. The molecule has 6 aliphatic rings. The van der Waals surface area contributed by atoms with Crippen LogP contribution in [0.4, 0.5) is 0 Å². The van der Waals surface area contributed by atoms with Crippen molar-refractivity contribution >= 4 is 0 Å². The molecule has 1 aliphatic heterocycles. The number of ether oxygens (including phenoxy) is 3. The Morgan fingerprint density at radius 3 is 2.38 bits per heavy atom. The molecule has 0 aromatic carbocycles. The zero-order valence-corrected chi connectivity index (χ0v) is 19.6. The zero-order valence-electron chi connectivity index (χ0n) is 19.6. The van der Waals surface area contributed by atoms with Gasteiger partial charge in [0.05, 0.1) is 36.6 Å². The lowest BCUT2D eigenvalue weighted by atomic mass is 9.43. The molecule has 5 saturated carbocycles. The van der Waals surface area contributed by atoms with Gasteiger partial charge in [0.25, 0.3) is 0 Å². The molecule has 182 valence electrons. The predicted octanol–water partition coefficient (Wildman–Crippen LogP) is -0.383. The number of hydrogen-bond donors (Lipinski definition) is 4. The molecule has 0 radical (unpaired) electrons. The van der Waals surface area contributed by atoms with E-state index in [0.29, 0.717) is 32.4 Å². The first-order chi connectivity index (χ1) is 15.2. The molecule has 5 aliphatic carbocycles. The largest absolute Gasteiger partial charge is 0.392 e. The average Bonchev–Trinajstić information content (AvgIpc) is 3.12. The van der Waals surface area contributed by atoms with Crippen molar-refractivity contribution in [2.75, 3.05) is 41.0 Å². The summed E-state index contributed by atoms with van der Waals surface area (Å²) in [7, 11) is 4.97. The minimum absolute atomic E-state index is 0.00308. The third kappa shape index (κ3) is 2.07. The Labute approximate surface area is 189 Å². The van der Waals surface area contributed by atoms with Gasteiger partial charge in [-0.25, -0.2) is 0 Å². The van der Waals surface area contributed by atoms with Crippen molar-refractivity contribution < 1.29 is 34.6 Å². The van der Waals surface area contributed by atoms with Gasteiger partial charge in [-0.05, 0) is 37.1 Å². The van der Waals surface area contributed by atoms with Gasteiger partial charge in [0.1, 0.15) is 5.60 Å². The fourth-order valence-corrected chi connectivity index (χ4v) is 10.6. The first kappa shape index (κ1) is 22.2. The van der Waals surface area contributed by atoms with E-state index in [2.05, 4.69) is 11.8 Å². The van der Waals surface area contributed by atoms with Crippen molar-refractivity contribution in [2.45, 2.75) is 74.3 Å². The molecule has 1 heterocycles. The fourth-order valence-electron chi connectivity index (χ4n) is 10.6. The lowest BCUT2D eigenvalue weighted by Crippen LogP contribution is -2.75. The van der Waals surface area contributed by atoms with Crippen LogP contribution in [0, 0.1) is 34.5 Å². The molecular weight excluding hydrogens is 414 g/mol. The molecule has 1 saturated heterocycles. The molecule has 1 spiro atoms. The van der Waals surface area contributed by atoms with E-state index in [1.807, 2.05) is 0 Å². The van der Waals surface area contributed by atoms with Crippen LogP contribution in [-0.2, 0) is 14.2 Å². The summed E-state index contributed by atoms with van der Waals surface area (Å²) in [6.45, 7) is 4.08. The SMILES string of the molecule is CCN1C[C@]2(COC)[C@H](O)CC[C@@]34[C@@H]5C[C@]6(O)[C@@H](OC)C[C@](O)([C@H]([C@H](OC)[C@H]23)[C@H]14)[C@H]5[C@H]6O. The summed E-state index contributed by atoms with van der Waals surface area (Å²) in [4.78, 5) is 2.44. The number of methoxy groups -OCH3 is 3. The summed E-state index contributed by atoms with van der Waals surface area (Å²) in [5.41, 5.74) is -3.33. The van der Waals surface area contributed by atoms with Crippen LogP contribution < -0.4 is 0 Å². The molecule has 0 unspecified atom stereocenters. The minimum atomic E-state index is -1.36. The maximum atomic E-state index is 12.5. The van der Waals surface area contributed by atoms with E-state index >= 15 is 0 Å². The maximum Gasteiger partial charge on any atom is 0.117 e. The average molecular weight is 454 g/mol. The van der Waals surface area contributed by atoms with Gasteiger partial charge in [-0.3, -0.25) is 4.90 Å². The molecule has 13 atom stereocenters. The quantitative estimate of drug-likeness (QED) is 0.446. The highest BCUT2D eigenvalue weighted by atomic mass is 16.5. The number of rotatable bonds is 5. The Balaban J connectivity index is 1.62. The summed E-state index contributed by atoms with van der Waals surface area (Å²) in [6.07, 6.45) is -0.257. The van der Waals surface area contributed by atoms with Crippen molar-refractivity contribution in [1.29, 1.82) is 0 Å². The van der Waals surface area contributed by atoms with Gasteiger partial charge in [-0.15, -0.1) is 0 Å². The topological polar surface area (TPSA) is 112 Å². The van der Waals surface area contributed by atoms with Crippen molar-refractivity contribution in [3.63, 3.8) is 0 Å². The molecule has 32 heavy (non-hydrogen) atoms. The van der Waals surface area contributed by atoms with Crippen LogP contribution in [0.3, 0.4) is 0 Å². The minimum Gasteiger partial charge on any atom is -0.392 e. The lowest BCUT2D eigenvalue weighted by molar-refractivity contribution is -0.272. The molecule has 8 heteroatoms. The standard InChI is InChI=1S/C24H39NO7/c1-5-25-10-21(11-30-2)13(26)6-7-22-12-8-23(28)14(31-3)9-24(29,15(12)20(23)27)16(19(22)25)17(32-4)18(21)22/h12-20,26-29H,5-11H2,1-4H3/t12-,13-,14+,15-,16-,17+,18-,19+,20-,21+,22-,23+,24-/m1/s1. The monoisotopic (exact) mass is 453 g/mol. The summed E-state index contributed by atoms with van der Waals surface area (Å²) in [5, 5.41) is 47.0. The van der Waals surface area contributed by atoms with Gasteiger partial charge in [-0.1, -0.05) is 6.92 Å². The fraction of sp³-hybridized carbons (Fsp3) is 1.00. The summed E-state index contributed by atoms with van der Waals surface area (Å²) in [5.74, 6) is -0.721. The van der Waals surface area contributed by atoms with E-state index in [0.717, 1.165) is 13.0 Å². The van der Waals surface area contributed by atoms with E-state index in [9.17, 15) is 20.4 Å². The first-order valence-electron chi connectivity index (χ1n) is 12.3. The van der Waals surface area contributed by atoms with E-state index in [1.165, 1.54) is 0 Å². The number of nitrogens with zero attached hydrogens (tertiary/aromatic N) is 1. The number of likely N-dealkylation sites (tertiary alicyclic amines) is 1. The third-order valence-electron chi connectivity index (χ3n) is 11.3. The summed E-state index contributed by atoms with van der Waals surface area (Å²) in [6, 6.07) is 0.0799. The number of aliphatic hydroxyl groups excluding tert-OH is 2. The second-order valence-corrected chi connectivity index (χ2v) is 11.7. The van der Waals surface area contributed by atoms with E-state index in [4.69, 9.17) is 14.2 Å². The predicted molar refractivity (Wildman–Crippen MR) is 114 cm³/mol. The Hall–Kier alpha value is -0.320. The Bertz CT molecular complexity index is 798. The van der Waals surface area contributed by atoms with Crippen LogP contribution in [0.2, 0.25) is 0 Å². The van der Waals surface area contributed by atoms with Crippen LogP contribution in [0.25, 0.3) is 0 Å². The normalized spacial score (nSPS) is 62.4. The number of fused-ring (bicyclic) bond motifs is 2. The molecule has 0 aromatic heterocycles. The molecule has 8 nitrogen and oxygen atoms in total. The highest BCUT2D eigenvalue weighted by molar-refractivity contribution is 5.36. The van der Waals surface area contributed by atoms with Gasteiger partial charge in [0.2, 0.25) is 0 Å².